The summed E-state index contributed by atoms with van der Waals surface area (Å²) in [6.45, 7) is 6.04. The molecule has 0 aliphatic heterocycles. The third kappa shape index (κ3) is 2.00. The Morgan fingerprint density at radius 1 is 0.941 bits per heavy atom. The van der Waals surface area contributed by atoms with E-state index >= 15 is 0 Å². The molecule has 2 heteroatoms. The van der Waals surface area contributed by atoms with Gasteiger partial charge in [-0.3, -0.25) is 4.79 Å². The second-order valence-corrected chi connectivity index (χ2v) is 7.68. The van der Waals surface area contributed by atoms with Crippen LogP contribution >= 0.6 is 0 Å². The highest BCUT2D eigenvalue weighted by Gasteiger charge is 2.49. The number of nitrogens with one attached hydrogen (secondary N) is 1. The fourth-order valence-corrected chi connectivity index (χ4v) is 4.53. The number of carbonyl (C=O) groups is 1. The van der Waals surface area contributed by atoms with Crippen LogP contribution in [0.1, 0.15) is 52.9 Å². The van der Waals surface area contributed by atoms with Crippen LogP contribution in [0.5, 0.6) is 0 Å². The minimum atomic E-state index is -0.241. The second-order valence-electron chi connectivity index (χ2n) is 7.68. The van der Waals surface area contributed by atoms with Gasteiger partial charge >= 0.3 is 0 Å². The standard InChI is InChI=1S/C15H25NO/c1-15(2,3)14(17)16-13-11-5-9-4-10(7-11)8-12(13)6-9/h9-13H,4-8H2,1-3H3,(H,16,17)/t9-,10+,11-,12+,13?. The van der Waals surface area contributed by atoms with Crippen molar-refractivity contribution in [3.8, 4) is 0 Å². The number of hydrogen-bond acceptors (Lipinski definition) is 1. The van der Waals surface area contributed by atoms with Gasteiger partial charge in [0.25, 0.3) is 0 Å². The molecule has 1 amide bonds. The van der Waals surface area contributed by atoms with Crippen LogP contribution in [0.3, 0.4) is 0 Å². The molecule has 4 saturated carbocycles. The van der Waals surface area contributed by atoms with Crippen LogP contribution in [-0.4, -0.2) is 11.9 Å². The van der Waals surface area contributed by atoms with Crippen LogP contribution in [0.25, 0.3) is 0 Å². The zero-order valence-electron chi connectivity index (χ0n) is 11.3. The normalized spacial score (nSPS) is 43.8. The van der Waals surface area contributed by atoms with Gasteiger partial charge in [0.2, 0.25) is 5.91 Å². The van der Waals surface area contributed by atoms with E-state index in [0.717, 1.165) is 23.7 Å². The smallest absolute Gasteiger partial charge is 0.225 e. The third-order valence-corrected chi connectivity index (χ3v) is 5.21. The zero-order chi connectivity index (χ0) is 12.2. The van der Waals surface area contributed by atoms with Crippen molar-refractivity contribution in [2.75, 3.05) is 0 Å². The van der Waals surface area contributed by atoms with Gasteiger partial charge in [-0.05, 0) is 55.8 Å². The average molecular weight is 235 g/mol. The zero-order valence-corrected chi connectivity index (χ0v) is 11.3. The Morgan fingerprint density at radius 2 is 1.41 bits per heavy atom. The molecule has 4 aliphatic carbocycles. The highest BCUT2D eigenvalue weighted by Crippen LogP contribution is 2.53. The molecule has 0 heterocycles. The Labute approximate surface area is 105 Å². The second kappa shape index (κ2) is 3.73. The molecule has 0 unspecified atom stereocenters. The summed E-state index contributed by atoms with van der Waals surface area (Å²) in [6.07, 6.45) is 6.99. The first-order chi connectivity index (χ1) is 7.93. The van der Waals surface area contributed by atoms with Crippen molar-refractivity contribution in [3.63, 3.8) is 0 Å². The predicted molar refractivity (Wildman–Crippen MR) is 68.4 cm³/mol. The first-order valence-electron chi connectivity index (χ1n) is 7.24. The Kier molecular flexibility index (Phi) is 2.53. The van der Waals surface area contributed by atoms with Crippen molar-refractivity contribution in [2.24, 2.45) is 29.1 Å². The van der Waals surface area contributed by atoms with E-state index < -0.39 is 0 Å². The van der Waals surface area contributed by atoms with E-state index in [1.165, 1.54) is 32.1 Å². The first kappa shape index (κ1) is 11.6. The lowest BCUT2D eigenvalue weighted by molar-refractivity contribution is -0.132. The third-order valence-electron chi connectivity index (χ3n) is 5.21. The lowest BCUT2D eigenvalue weighted by atomic mass is 9.54. The van der Waals surface area contributed by atoms with E-state index in [0.29, 0.717) is 6.04 Å². The quantitative estimate of drug-likeness (QED) is 0.744. The van der Waals surface area contributed by atoms with Crippen LogP contribution in [-0.2, 0) is 4.79 Å². The molecule has 0 aromatic carbocycles. The molecule has 1 N–H and O–H groups in total. The molecule has 4 fully saturated rings. The molecule has 96 valence electrons. The van der Waals surface area contributed by atoms with Gasteiger partial charge in [0.15, 0.2) is 0 Å². The van der Waals surface area contributed by atoms with Gasteiger partial charge in [-0.2, -0.15) is 0 Å². The molecule has 4 aliphatic rings. The van der Waals surface area contributed by atoms with Gasteiger partial charge in [-0.15, -0.1) is 0 Å². The van der Waals surface area contributed by atoms with Crippen molar-refractivity contribution in [2.45, 2.75) is 58.9 Å². The van der Waals surface area contributed by atoms with Gasteiger partial charge in [0, 0.05) is 11.5 Å². The minimum absolute atomic E-state index is 0.241. The van der Waals surface area contributed by atoms with Gasteiger partial charge in [0.1, 0.15) is 0 Å². The SMILES string of the molecule is CC(C)(C)C(=O)NC1[C@H]2C[C@@H]3C[C@@H](C[C@H]1C3)C2. The van der Waals surface area contributed by atoms with E-state index in [-0.39, 0.29) is 11.3 Å². The molecule has 0 aromatic heterocycles. The Hall–Kier alpha value is -0.530. The lowest BCUT2D eigenvalue weighted by Crippen LogP contribution is -2.57. The maximum Gasteiger partial charge on any atom is 0.225 e. The largest absolute Gasteiger partial charge is 0.352 e. The maximum absolute atomic E-state index is 12.1. The molecule has 4 rings (SSSR count). The summed E-state index contributed by atoms with van der Waals surface area (Å²) in [5.41, 5.74) is -0.241. The maximum atomic E-state index is 12.1. The van der Waals surface area contributed by atoms with Crippen molar-refractivity contribution in [1.29, 1.82) is 0 Å². The molecule has 0 spiro atoms. The summed E-state index contributed by atoms with van der Waals surface area (Å²) in [4.78, 5) is 12.1. The van der Waals surface area contributed by atoms with E-state index in [1.54, 1.807) is 0 Å². The summed E-state index contributed by atoms with van der Waals surface area (Å²) in [5.74, 6) is 3.80. The highest BCUT2D eigenvalue weighted by atomic mass is 16.2. The molecule has 0 radical (unpaired) electrons. The minimum Gasteiger partial charge on any atom is -0.352 e. The fraction of sp³-hybridized carbons (Fsp3) is 0.933. The topological polar surface area (TPSA) is 29.1 Å². The van der Waals surface area contributed by atoms with Crippen LogP contribution in [0, 0.1) is 29.1 Å². The Morgan fingerprint density at radius 3 is 1.82 bits per heavy atom. The summed E-state index contributed by atoms with van der Waals surface area (Å²) < 4.78 is 0. The van der Waals surface area contributed by atoms with E-state index in [2.05, 4.69) is 5.32 Å². The van der Waals surface area contributed by atoms with E-state index in [9.17, 15) is 4.79 Å². The summed E-state index contributed by atoms with van der Waals surface area (Å²) >= 11 is 0. The molecule has 0 atom stereocenters. The number of rotatable bonds is 1. The van der Waals surface area contributed by atoms with Crippen molar-refractivity contribution >= 4 is 5.91 Å². The number of carbonyl (C=O) groups excluding carboxylic acids is 1. The molecule has 17 heavy (non-hydrogen) atoms. The first-order valence-corrected chi connectivity index (χ1v) is 7.24. The van der Waals surface area contributed by atoms with Crippen LogP contribution in [0.15, 0.2) is 0 Å². The molecule has 4 bridgehead atoms. The van der Waals surface area contributed by atoms with Crippen LogP contribution in [0.4, 0.5) is 0 Å². The molecule has 0 saturated heterocycles. The predicted octanol–water partition coefficient (Wildman–Crippen LogP) is 2.97. The lowest BCUT2D eigenvalue weighted by Gasteiger charge is -2.54. The van der Waals surface area contributed by atoms with Crippen molar-refractivity contribution < 1.29 is 4.79 Å². The fourth-order valence-electron chi connectivity index (χ4n) is 4.53. The van der Waals surface area contributed by atoms with Gasteiger partial charge in [-0.25, -0.2) is 0 Å². The molecule has 2 nitrogen and oxygen atoms in total. The van der Waals surface area contributed by atoms with E-state index in [1.807, 2.05) is 20.8 Å². The monoisotopic (exact) mass is 235 g/mol. The molecular weight excluding hydrogens is 210 g/mol. The van der Waals surface area contributed by atoms with Crippen LogP contribution < -0.4 is 5.32 Å². The van der Waals surface area contributed by atoms with Gasteiger partial charge < -0.3 is 5.32 Å². The summed E-state index contributed by atoms with van der Waals surface area (Å²) in [5, 5.41) is 3.36. The summed E-state index contributed by atoms with van der Waals surface area (Å²) in [6, 6.07) is 0.495. The highest BCUT2D eigenvalue weighted by molar-refractivity contribution is 5.81. The van der Waals surface area contributed by atoms with Crippen LogP contribution in [0.2, 0.25) is 0 Å². The van der Waals surface area contributed by atoms with Gasteiger partial charge in [-0.1, -0.05) is 20.8 Å². The average Bonchev–Trinajstić information content (AvgIpc) is 2.20. The number of hydrogen-bond donors (Lipinski definition) is 1. The van der Waals surface area contributed by atoms with Crippen molar-refractivity contribution in [3.05, 3.63) is 0 Å². The van der Waals surface area contributed by atoms with E-state index in [4.69, 9.17) is 0 Å². The Bertz CT molecular complexity index is 300. The van der Waals surface area contributed by atoms with Gasteiger partial charge in [0.05, 0.1) is 0 Å². The summed E-state index contributed by atoms with van der Waals surface area (Å²) in [7, 11) is 0. The Balaban J connectivity index is 1.70. The van der Waals surface area contributed by atoms with Crippen molar-refractivity contribution in [1.82, 2.24) is 5.32 Å². The molecule has 0 aromatic rings. The number of amides is 1. The molecular formula is C15H25NO.